The van der Waals surface area contributed by atoms with Crippen LogP contribution >= 0.6 is 0 Å². The van der Waals surface area contributed by atoms with Crippen molar-refractivity contribution in [3.05, 3.63) is 53.5 Å². The van der Waals surface area contributed by atoms with Crippen LogP contribution in [0.5, 0.6) is 11.5 Å². The Bertz CT molecular complexity index is 831. The zero-order valence-electron chi connectivity index (χ0n) is 17.8. The largest absolute Gasteiger partial charge is 0.493 e. The van der Waals surface area contributed by atoms with Gasteiger partial charge in [-0.3, -0.25) is 9.80 Å². The first kappa shape index (κ1) is 20.0. The number of fused-ring (bicyclic) bond motifs is 1. The fourth-order valence-corrected chi connectivity index (χ4v) is 4.83. The molecule has 156 valence electrons. The summed E-state index contributed by atoms with van der Waals surface area (Å²) in [5.74, 6) is 2.58. The van der Waals surface area contributed by atoms with Gasteiger partial charge in [-0.1, -0.05) is 6.08 Å². The van der Waals surface area contributed by atoms with Crippen LogP contribution in [0.15, 0.2) is 41.0 Å². The maximum Gasteiger partial charge on any atom is 0.161 e. The first-order valence-corrected chi connectivity index (χ1v) is 10.6. The molecule has 0 N–H and O–H groups in total. The maximum absolute atomic E-state index is 5.56. The molecule has 5 heteroatoms. The lowest BCUT2D eigenvalue weighted by atomic mass is 9.90. The Labute approximate surface area is 173 Å². The Balaban J connectivity index is 1.43. The fraction of sp³-hybridized carbons (Fsp3) is 0.500. The van der Waals surface area contributed by atoms with E-state index in [1.165, 1.54) is 30.5 Å². The van der Waals surface area contributed by atoms with E-state index in [4.69, 9.17) is 13.9 Å². The SMILES string of the molecule is COc1cc2c(cc1OC)[C@@H](C)N([C@H]1CCCN(C/C=C/c3ccco3)C1)CC2. The van der Waals surface area contributed by atoms with Crippen LogP contribution in [0, 0.1) is 0 Å². The van der Waals surface area contributed by atoms with E-state index in [0.29, 0.717) is 12.1 Å². The molecular formula is C24H32N2O3. The van der Waals surface area contributed by atoms with E-state index in [-0.39, 0.29) is 0 Å². The predicted octanol–water partition coefficient (Wildman–Crippen LogP) is 4.39. The molecule has 5 nitrogen and oxygen atoms in total. The number of nitrogens with zero attached hydrogens (tertiary/aromatic N) is 2. The van der Waals surface area contributed by atoms with Crippen LogP contribution in [0.2, 0.25) is 0 Å². The third kappa shape index (κ3) is 4.36. The molecule has 0 unspecified atom stereocenters. The van der Waals surface area contributed by atoms with E-state index in [9.17, 15) is 0 Å². The summed E-state index contributed by atoms with van der Waals surface area (Å²) in [6.07, 6.45) is 9.59. The quantitative estimate of drug-likeness (QED) is 0.724. The highest BCUT2D eigenvalue weighted by atomic mass is 16.5. The van der Waals surface area contributed by atoms with Gasteiger partial charge in [0.2, 0.25) is 0 Å². The highest BCUT2D eigenvalue weighted by Crippen LogP contribution is 2.39. The molecule has 1 aromatic heterocycles. The van der Waals surface area contributed by atoms with Gasteiger partial charge in [0, 0.05) is 31.7 Å². The van der Waals surface area contributed by atoms with Gasteiger partial charge >= 0.3 is 0 Å². The summed E-state index contributed by atoms with van der Waals surface area (Å²) in [6, 6.07) is 9.24. The second kappa shape index (κ2) is 9.06. The van der Waals surface area contributed by atoms with Crippen LogP contribution in [0.25, 0.3) is 6.08 Å². The Morgan fingerprint density at radius 1 is 1.17 bits per heavy atom. The molecule has 1 aromatic carbocycles. The number of piperidine rings is 1. The molecule has 2 atom stereocenters. The van der Waals surface area contributed by atoms with Crippen molar-refractivity contribution in [2.45, 2.75) is 38.3 Å². The first-order valence-electron chi connectivity index (χ1n) is 10.6. The van der Waals surface area contributed by atoms with E-state index in [1.54, 1.807) is 20.5 Å². The zero-order chi connectivity index (χ0) is 20.2. The van der Waals surface area contributed by atoms with Crippen molar-refractivity contribution in [3.63, 3.8) is 0 Å². The van der Waals surface area contributed by atoms with Gasteiger partial charge in [0.1, 0.15) is 5.76 Å². The van der Waals surface area contributed by atoms with Crippen molar-refractivity contribution in [2.75, 3.05) is 40.4 Å². The molecule has 0 aliphatic carbocycles. The average molecular weight is 397 g/mol. The topological polar surface area (TPSA) is 38.1 Å². The molecule has 2 aliphatic heterocycles. The standard InChI is InChI=1S/C24H32N2O3/c1-18-22-16-24(28-3)23(27-2)15-19(22)10-13-26(18)20-7-4-11-25(17-20)12-5-8-21-9-6-14-29-21/h5-6,8-9,14-16,18,20H,4,7,10-13,17H2,1-3H3/b8-5+/t18-,20+/m1/s1. The summed E-state index contributed by atoms with van der Waals surface area (Å²) in [5, 5.41) is 0. The van der Waals surface area contributed by atoms with Crippen molar-refractivity contribution >= 4 is 6.08 Å². The Morgan fingerprint density at radius 3 is 2.76 bits per heavy atom. The van der Waals surface area contributed by atoms with Crippen molar-refractivity contribution in [2.24, 2.45) is 0 Å². The van der Waals surface area contributed by atoms with Crippen LogP contribution in [-0.4, -0.2) is 56.2 Å². The van der Waals surface area contributed by atoms with Crippen molar-refractivity contribution in [1.82, 2.24) is 9.80 Å². The number of benzene rings is 1. The highest BCUT2D eigenvalue weighted by molar-refractivity contribution is 5.49. The molecule has 0 amide bonds. The second-order valence-corrected chi connectivity index (χ2v) is 8.04. The van der Waals surface area contributed by atoms with Gasteiger partial charge in [-0.25, -0.2) is 0 Å². The molecule has 1 fully saturated rings. The molecule has 0 radical (unpaired) electrons. The molecular weight excluding hydrogens is 364 g/mol. The number of hydrogen-bond donors (Lipinski definition) is 0. The summed E-state index contributed by atoms with van der Waals surface area (Å²) >= 11 is 0. The second-order valence-electron chi connectivity index (χ2n) is 8.04. The summed E-state index contributed by atoms with van der Waals surface area (Å²) in [5.41, 5.74) is 2.77. The minimum atomic E-state index is 0.391. The maximum atomic E-state index is 5.56. The van der Waals surface area contributed by atoms with Gasteiger partial charge in [0.05, 0.1) is 20.5 Å². The lowest BCUT2D eigenvalue weighted by Crippen LogP contribution is -2.50. The lowest BCUT2D eigenvalue weighted by Gasteiger charge is -2.45. The monoisotopic (exact) mass is 396 g/mol. The Kier molecular flexibility index (Phi) is 6.26. The van der Waals surface area contributed by atoms with Gasteiger partial charge in [-0.05, 0) is 74.2 Å². The molecule has 0 saturated carbocycles. The molecule has 4 rings (SSSR count). The van der Waals surface area contributed by atoms with Crippen molar-refractivity contribution in [3.8, 4) is 11.5 Å². The summed E-state index contributed by atoms with van der Waals surface area (Å²) in [4.78, 5) is 5.25. The van der Waals surface area contributed by atoms with Gasteiger partial charge in [0.25, 0.3) is 0 Å². The summed E-state index contributed by atoms with van der Waals surface area (Å²) < 4.78 is 16.4. The lowest BCUT2D eigenvalue weighted by molar-refractivity contribution is 0.0685. The summed E-state index contributed by atoms with van der Waals surface area (Å²) in [7, 11) is 3.42. The summed E-state index contributed by atoms with van der Waals surface area (Å²) in [6.45, 7) is 6.70. The minimum absolute atomic E-state index is 0.391. The molecule has 0 spiro atoms. The Morgan fingerprint density at radius 2 is 2.00 bits per heavy atom. The molecule has 3 heterocycles. The average Bonchev–Trinajstić information content (AvgIpc) is 3.27. The number of ether oxygens (including phenoxy) is 2. The van der Waals surface area contributed by atoms with E-state index < -0.39 is 0 Å². The normalized spacial score (nSPS) is 23.3. The number of likely N-dealkylation sites (tertiary alicyclic amines) is 1. The third-order valence-corrected chi connectivity index (χ3v) is 6.37. The number of methoxy groups -OCH3 is 2. The van der Waals surface area contributed by atoms with E-state index in [0.717, 1.165) is 43.3 Å². The van der Waals surface area contributed by atoms with Crippen LogP contribution in [0.1, 0.15) is 42.7 Å². The van der Waals surface area contributed by atoms with Crippen LogP contribution in [0.3, 0.4) is 0 Å². The molecule has 2 aromatic rings. The molecule has 1 saturated heterocycles. The third-order valence-electron chi connectivity index (χ3n) is 6.37. The van der Waals surface area contributed by atoms with Gasteiger partial charge in [0.15, 0.2) is 11.5 Å². The number of furan rings is 1. The smallest absolute Gasteiger partial charge is 0.161 e. The van der Waals surface area contributed by atoms with Crippen molar-refractivity contribution in [1.29, 1.82) is 0 Å². The van der Waals surface area contributed by atoms with Gasteiger partial charge in [-0.2, -0.15) is 0 Å². The molecule has 2 aliphatic rings. The minimum Gasteiger partial charge on any atom is -0.493 e. The zero-order valence-corrected chi connectivity index (χ0v) is 17.8. The van der Waals surface area contributed by atoms with Crippen LogP contribution in [0.4, 0.5) is 0 Å². The van der Waals surface area contributed by atoms with Crippen molar-refractivity contribution < 1.29 is 13.9 Å². The van der Waals surface area contributed by atoms with E-state index in [2.05, 4.69) is 41.0 Å². The number of rotatable bonds is 6. The van der Waals surface area contributed by atoms with E-state index in [1.807, 2.05) is 12.1 Å². The van der Waals surface area contributed by atoms with Gasteiger partial charge in [-0.15, -0.1) is 0 Å². The van der Waals surface area contributed by atoms with E-state index >= 15 is 0 Å². The molecule has 0 bridgehead atoms. The predicted molar refractivity (Wildman–Crippen MR) is 116 cm³/mol. The Hall–Kier alpha value is -2.24. The first-order chi connectivity index (χ1) is 14.2. The number of hydrogen-bond acceptors (Lipinski definition) is 5. The molecule has 29 heavy (non-hydrogen) atoms. The highest BCUT2D eigenvalue weighted by Gasteiger charge is 2.32. The van der Waals surface area contributed by atoms with Crippen LogP contribution < -0.4 is 9.47 Å². The van der Waals surface area contributed by atoms with Gasteiger partial charge < -0.3 is 13.9 Å². The van der Waals surface area contributed by atoms with Crippen LogP contribution in [-0.2, 0) is 6.42 Å². The fourth-order valence-electron chi connectivity index (χ4n) is 4.83.